The molecule has 0 saturated heterocycles. The van der Waals surface area contributed by atoms with Gasteiger partial charge < -0.3 is 4.74 Å². The predicted octanol–water partition coefficient (Wildman–Crippen LogP) is 4.34. The van der Waals surface area contributed by atoms with Crippen LogP contribution < -0.4 is 0 Å². The fourth-order valence-electron chi connectivity index (χ4n) is 2.15. The van der Waals surface area contributed by atoms with E-state index in [0.29, 0.717) is 15.3 Å². The van der Waals surface area contributed by atoms with Gasteiger partial charge in [0.05, 0.1) is 18.5 Å². The first kappa shape index (κ1) is 20.6. The lowest BCUT2D eigenvalue weighted by Gasteiger charge is -2.14. The molecule has 1 aromatic rings. The van der Waals surface area contributed by atoms with Gasteiger partial charge in [0, 0.05) is 8.73 Å². The lowest BCUT2D eigenvalue weighted by Crippen LogP contribution is -2.26. The number of alkyl halides is 1. The Labute approximate surface area is 149 Å². The molecule has 0 aliphatic rings. The van der Waals surface area contributed by atoms with Crippen LogP contribution in [0.3, 0.4) is 0 Å². The maximum atomic E-state index is 11.5. The molecule has 0 spiro atoms. The fourth-order valence-corrected chi connectivity index (χ4v) is 2.68. The van der Waals surface area contributed by atoms with Gasteiger partial charge in [-0.25, -0.2) is 4.45 Å². The third kappa shape index (κ3) is 9.41. The molecular weight excluding hydrogens is 377 g/mol. The predicted molar refractivity (Wildman–Crippen MR) is 99.6 cm³/mol. The maximum Gasteiger partial charge on any atom is 0.322 e. The molecule has 23 heavy (non-hydrogen) atoms. The summed E-state index contributed by atoms with van der Waals surface area (Å²) in [5, 5.41) is 8.22. The van der Waals surface area contributed by atoms with Gasteiger partial charge in [0.25, 0.3) is 0 Å². The largest absolute Gasteiger partial charge is 0.465 e. The second-order valence-electron chi connectivity index (χ2n) is 6.21. The number of aromatic nitrogens is 3. The molecular formula is C16H29BrN3O2P. The van der Waals surface area contributed by atoms with E-state index < -0.39 is 4.32 Å². The summed E-state index contributed by atoms with van der Waals surface area (Å²) in [4.78, 5) is 11.5. The van der Waals surface area contributed by atoms with E-state index in [0.717, 1.165) is 25.0 Å². The summed E-state index contributed by atoms with van der Waals surface area (Å²) in [5.41, 5.74) is 1.11. The zero-order valence-corrected chi connectivity index (χ0v) is 17.1. The van der Waals surface area contributed by atoms with E-state index in [1.54, 1.807) is 13.8 Å². The highest BCUT2D eigenvalue weighted by molar-refractivity contribution is 9.10. The number of hydrogen-bond donors (Lipinski definition) is 0. The second-order valence-corrected chi connectivity index (χ2v) is 9.10. The molecule has 0 aliphatic carbocycles. The topological polar surface area (TPSA) is 57.0 Å². The number of unbranched alkanes of at least 4 members (excludes halogenated alkanes) is 6. The number of rotatable bonds is 12. The van der Waals surface area contributed by atoms with Crippen LogP contribution in [0, 0.1) is 0 Å². The minimum Gasteiger partial charge on any atom is -0.465 e. The lowest BCUT2D eigenvalue weighted by molar-refractivity contribution is -0.145. The van der Waals surface area contributed by atoms with E-state index in [9.17, 15) is 4.79 Å². The zero-order valence-electron chi connectivity index (χ0n) is 14.5. The minimum absolute atomic E-state index is 0.182. The Morgan fingerprint density at radius 1 is 1.22 bits per heavy atom. The summed E-state index contributed by atoms with van der Waals surface area (Å²) in [5.74, 6) is -0.182. The number of esters is 1. The molecule has 1 atom stereocenters. The quantitative estimate of drug-likeness (QED) is 0.224. The number of hydrogen-bond acceptors (Lipinski definition) is 4. The van der Waals surface area contributed by atoms with Crippen LogP contribution in [-0.2, 0) is 16.0 Å². The van der Waals surface area contributed by atoms with Crippen molar-refractivity contribution in [1.82, 2.24) is 14.8 Å². The van der Waals surface area contributed by atoms with Crippen molar-refractivity contribution in [2.24, 2.45) is 0 Å². The number of halogens is 1. The Morgan fingerprint density at radius 3 is 2.39 bits per heavy atom. The normalized spacial score (nSPS) is 12.2. The molecule has 1 rings (SSSR count). The minimum atomic E-state index is -0.573. The Kier molecular flexibility index (Phi) is 9.96. The number of ether oxygens (including phenoxy) is 1. The average molecular weight is 406 g/mol. The van der Waals surface area contributed by atoms with E-state index >= 15 is 0 Å². The second kappa shape index (κ2) is 11.1. The molecule has 0 radical (unpaired) electrons. The van der Waals surface area contributed by atoms with E-state index in [1.165, 1.54) is 32.1 Å². The Morgan fingerprint density at radius 2 is 1.83 bits per heavy atom. The van der Waals surface area contributed by atoms with Gasteiger partial charge in [-0.3, -0.25) is 4.79 Å². The van der Waals surface area contributed by atoms with Crippen LogP contribution in [0.2, 0.25) is 0 Å². The van der Waals surface area contributed by atoms with Crippen molar-refractivity contribution in [3.63, 3.8) is 0 Å². The molecule has 0 aliphatic heterocycles. The first-order valence-electron chi connectivity index (χ1n) is 8.38. The van der Waals surface area contributed by atoms with Gasteiger partial charge in [-0.2, -0.15) is 0 Å². The summed E-state index contributed by atoms with van der Waals surface area (Å²) in [6.45, 7) is 6.23. The lowest BCUT2D eigenvalue weighted by atomic mass is 10.1. The van der Waals surface area contributed by atoms with Gasteiger partial charge in [-0.1, -0.05) is 53.2 Å². The van der Waals surface area contributed by atoms with Gasteiger partial charge >= 0.3 is 5.97 Å². The molecule has 0 bridgehead atoms. The summed E-state index contributed by atoms with van der Waals surface area (Å²) in [6.07, 6.45) is 11.3. The molecule has 0 amide bonds. The molecule has 0 N–H and O–H groups in total. The number of nitrogens with zero attached hydrogens (tertiary/aromatic N) is 3. The molecule has 132 valence electrons. The highest BCUT2D eigenvalue weighted by Gasteiger charge is 2.24. The van der Waals surface area contributed by atoms with Crippen LogP contribution in [0.15, 0.2) is 6.20 Å². The van der Waals surface area contributed by atoms with Crippen molar-refractivity contribution in [2.45, 2.75) is 69.5 Å². The molecule has 1 aromatic heterocycles. The number of carbonyl (C=O) groups is 1. The fraction of sp³-hybridized carbons (Fsp3) is 0.812. The molecule has 0 fully saturated rings. The molecule has 0 aromatic carbocycles. The van der Waals surface area contributed by atoms with Gasteiger partial charge in [0.15, 0.2) is 0 Å². The Hall–Kier alpha value is -0.480. The van der Waals surface area contributed by atoms with Crippen LogP contribution in [-0.4, -0.2) is 38.3 Å². The monoisotopic (exact) mass is 405 g/mol. The summed E-state index contributed by atoms with van der Waals surface area (Å²) in [6, 6.07) is 0. The SMILES string of the molecule is CPn1cc(CCCCCCCCCOC(=O)C(C)(C)Br)nn1. The highest BCUT2D eigenvalue weighted by atomic mass is 79.9. The highest BCUT2D eigenvalue weighted by Crippen LogP contribution is 2.18. The molecule has 5 nitrogen and oxygen atoms in total. The Bertz CT molecular complexity index is 460. The van der Waals surface area contributed by atoms with Crippen molar-refractivity contribution in [2.75, 3.05) is 13.3 Å². The van der Waals surface area contributed by atoms with Crippen molar-refractivity contribution in [3.05, 3.63) is 11.9 Å². The smallest absolute Gasteiger partial charge is 0.322 e. The van der Waals surface area contributed by atoms with E-state index in [1.807, 2.05) is 10.6 Å². The van der Waals surface area contributed by atoms with Crippen LogP contribution in [0.5, 0.6) is 0 Å². The van der Waals surface area contributed by atoms with Gasteiger partial charge in [0.2, 0.25) is 0 Å². The molecule has 0 saturated carbocycles. The van der Waals surface area contributed by atoms with Crippen molar-refractivity contribution in [1.29, 1.82) is 0 Å². The van der Waals surface area contributed by atoms with Crippen molar-refractivity contribution in [3.8, 4) is 0 Å². The third-order valence-corrected chi connectivity index (χ3v) is 4.57. The van der Waals surface area contributed by atoms with E-state index in [4.69, 9.17) is 4.74 Å². The first-order valence-corrected chi connectivity index (χ1v) is 10.6. The van der Waals surface area contributed by atoms with Crippen LogP contribution in [0.25, 0.3) is 0 Å². The van der Waals surface area contributed by atoms with E-state index in [-0.39, 0.29) is 5.97 Å². The number of carbonyl (C=O) groups excluding carboxylic acids is 1. The summed E-state index contributed by atoms with van der Waals surface area (Å²) >= 11 is 3.30. The number of aryl methyl sites for hydroxylation is 1. The van der Waals surface area contributed by atoms with Gasteiger partial charge in [-0.05, 0) is 39.8 Å². The van der Waals surface area contributed by atoms with Gasteiger partial charge in [-0.15, -0.1) is 5.10 Å². The van der Waals surface area contributed by atoms with Crippen LogP contribution >= 0.6 is 24.7 Å². The van der Waals surface area contributed by atoms with Crippen molar-refractivity contribution >= 4 is 30.6 Å². The maximum absolute atomic E-state index is 11.5. The molecule has 7 heteroatoms. The average Bonchev–Trinajstić information content (AvgIpc) is 2.96. The van der Waals surface area contributed by atoms with Crippen LogP contribution in [0.4, 0.5) is 0 Å². The summed E-state index contributed by atoms with van der Waals surface area (Å²) in [7, 11) is 0.660. The molecule has 1 unspecified atom stereocenters. The zero-order chi connectivity index (χ0) is 17.1. The first-order chi connectivity index (χ1) is 10.9. The van der Waals surface area contributed by atoms with E-state index in [2.05, 4.69) is 32.9 Å². The van der Waals surface area contributed by atoms with Gasteiger partial charge in [0.1, 0.15) is 4.32 Å². The Balaban J connectivity index is 1.89. The third-order valence-electron chi connectivity index (χ3n) is 3.57. The van der Waals surface area contributed by atoms with Crippen LogP contribution in [0.1, 0.15) is 64.5 Å². The molecule has 1 heterocycles. The standard InChI is InChI=1S/C16H29BrN3O2P/c1-16(2,17)15(21)22-12-10-8-6-4-5-7-9-11-14-13-20(23-3)19-18-14/h13,23H,4-12H2,1-3H3. The summed E-state index contributed by atoms with van der Waals surface area (Å²) < 4.78 is 6.54. The van der Waals surface area contributed by atoms with Crippen molar-refractivity contribution < 1.29 is 9.53 Å².